The fraction of sp³-hybridized carbons (Fsp3) is 0. The van der Waals surface area contributed by atoms with E-state index in [4.69, 9.17) is 0 Å². The Morgan fingerprint density at radius 3 is 0.848 bits per heavy atom. The normalized spacial score (nSPS) is 9.82. The minimum absolute atomic E-state index is 0.164. The predicted molar refractivity (Wildman–Crippen MR) is 108 cm³/mol. The monoisotopic (exact) mass is 484 g/mol. The molecule has 0 atom stereocenters. The van der Waals surface area contributed by atoms with E-state index in [0.29, 0.717) is 24.3 Å². The summed E-state index contributed by atoms with van der Waals surface area (Å²) in [6.07, 6.45) is 0. The maximum absolute atomic E-state index is 11.3. The van der Waals surface area contributed by atoms with E-state index in [1.54, 1.807) is 0 Å². The first-order valence-electron chi connectivity index (χ1n) is 7.75. The van der Waals surface area contributed by atoms with Gasteiger partial charge in [0, 0.05) is 0 Å². The third-order valence-corrected chi connectivity index (χ3v) is 4.73. The maximum atomic E-state index is 11.3. The molecule has 0 aromatic heterocycles. The molecule has 18 nitrogen and oxygen atoms in total. The highest BCUT2D eigenvalue weighted by atomic mass is 32.2. The SMILES string of the molecule is C=C.O=[N+]([O-])c1cc([N+](=O)[O-])c(Sc2c([N+](=O)[O-])cc([N+](=O)[O-])cc2[N+](=O)[O-])c([N+](=O)[O-])c1. The molecule has 0 aliphatic rings. The standard InChI is InChI=1S/C12H4N6O12S.C2H4/c19-13(20)5-1-7(15(23)24)11(8(2-5)16(25)26)31-12-9(17(27)28)3-6(14(21)22)4-10(12)18(29)30;1-2/h1-4H;1-2H2. The van der Waals surface area contributed by atoms with Crippen LogP contribution in [0.4, 0.5) is 34.1 Å². The maximum Gasteiger partial charge on any atom is 0.297 e. The van der Waals surface area contributed by atoms with Crippen LogP contribution in [0, 0.1) is 60.7 Å². The van der Waals surface area contributed by atoms with Gasteiger partial charge >= 0.3 is 0 Å². The van der Waals surface area contributed by atoms with Crippen LogP contribution in [0.1, 0.15) is 0 Å². The summed E-state index contributed by atoms with van der Waals surface area (Å²) in [6, 6.07) is 1.33. The Bertz CT molecular complexity index is 1050. The van der Waals surface area contributed by atoms with Crippen LogP contribution in [-0.4, -0.2) is 29.5 Å². The summed E-state index contributed by atoms with van der Waals surface area (Å²) in [5, 5.41) is 67.2. The molecule has 0 saturated heterocycles. The molecule has 0 radical (unpaired) electrons. The van der Waals surface area contributed by atoms with Crippen LogP contribution in [-0.2, 0) is 0 Å². The van der Waals surface area contributed by atoms with E-state index < -0.39 is 73.5 Å². The van der Waals surface area contributed by atoms with Gasteiger partial charge in [-0.25, -0.2) is 0 Å². The highest BCUT2D eigenvalue weighted by Gasteiger charge is 2.37. The van der Waals surface area contributed by atoms with E-state index in [2.05, 4.69) is 13.2 Å². The molecule has 0 amide bonds. The fourth-order valence-electron chi connectivity index (χ4n) is 2.23. The van der Waals surface area contributed by atoms with Crippen molar-refractivity contribution >= 4 is 45.9 Å². The first kappa shape index (κ1) is 26.0. The Hall–Kier alpha value is -5.07. The molecular weight excluding hydrogens is 476 g/mol. The van der Waals surface area contributed by atoms with E-state index >= 15 is 0 Å². The average Bonchev–Trinajstić information content (AvgIpc) is 2.74. The van der Waals surface area contributed by atoms with Crippen molar-refractivity contribution in [1.29, 1.82) is 0 Å². The number of nitrogens with zero attached hydrogens (tertiary/aromatic N) is 6. The summed E-state index contributed by atoms with van der Waals surface area (Å²) < 4.78 is 0. The molecule has 19 heteroatoms. The topological polar surface area (TPSA) is 259 Å². The molecule has 0 saturated carbocycles. The van der Waals surface area contributed by atoms with Gasteiger partial charge in [-0.05, 0) is 0 Å². The van der Waals surface area contributed by atoms with Crippen LogP contribution in [0.2, 0.25) is 0 Å². The van der Waals surface area contributed by atoms with E-state index in [-0.39, 0.29) is 11.8 Å². The predicted octanol–water partition coefficient (Wildman–Crippen LogP) is 4.09. The third-order valence-electron chi connectivity index (χ3n) is 3.48. The van der Waals surface area contributed by atoms with Gasteiger partial charge in [0.25, 0.3) is 34.1 Å². The third kappa shape index (κ3) is 5.55. The summed E-state index contributed by atoms with van der Waals surface area (Å²) in [5.74, 6) is 0. The van der Waals surface area contributed by atoms with Gasteiger partial charge in [-0.1, -0.05) is 11.8 Å². The van der Waals surface area contributed by atoms with Crippen LogP contribution >= 0.6 is 11.8 Å². The van der Waals surface area contributed by atoms with Crippen LogP contribution in [0.25, 0.3) is 0 Å². The first-order valence-corrected chi connectivity index (χ1v) is 8.57. The zero-order chi connectivity index (χ0) is 25.6. The van der Waals surface area contributed by atoms with Crippen molar-refractivity contribution in [1.82, 2.24) is 0 Å². The van der Waals surface area contributed by atoms with E-state index in [1.807, 2.05) is 0 Å². The van der Waals surface area contributed by atoms with Gasteiger partial charge in [0.2, 0.25) is 0 Å². The number of nitro groups is 6. The summed E-state index contributed by atoms with van der Waals surface area (Å²) in [5.41, 5.74) is -7.01. The molecule has 0 unspecified atom stereocenters. The lowest BCUT2D eigenvalue weighted by Crippen LogP contribution is -2.02. The smallest absolute Gasteiger partial charge is 0.258 e. The zero-order valence-corrected chi connectivity index (χ0v) is 16.5. The van der Waals surface area contributed by atoms with Gasteiger partial charge in [0.05, 0.1) is 53.8 Å². The summed E-state index contributed by atoms with van der Waals surface area (Å²) in [7, 11) is 0. The Labute approximate surface area is 184 Å². The number of hydrogen-bond donors (Lipinski definition) is 0. The minimum Gasteiger partial charge on any atom is -0.258 e. The zero-order valence-electron chi connectivity index (χ0n) is 15.7. The Morgan fingerprint density at radius 2 is 0.697 bits per heavy atom. The molecule has 0 heterocycles. The van der Waals surface area contributed by atoms with Crippen LogP contribution < -0.4 is 0 Å². The highest BCUT2D eigenvalue weighted by molar-refractivity contribution is 8.00. The van der Waals surface area contributed by atoms with Gasteiger partial charge < -0.3 is 0 Å². The number of rotatable bonds is 8. The van der Waals surface area contributed by atoms with Crippen molar-refractivity contribution in [2.24, 2.45) is 0 Å². The quantitative estimate of drug-likeness (QED) is 0.290. The van der Waals surface area contributed by atoms with Crippen molar-refractivity contribution in [3.05, 3.63) is 98.1 Å². The summed E-state index contributed by atoms with van der Waals surface area (Å²) in [4.78, 5) is 57.8. The second kappa shape index (κ2) is 10.3. The summed E-state index contributed by atoms with van der Waals surface area (Å²) >= 11 is -0.164. The van der Waals surface area contributed by atoms with Gasteiger partial charge in [-0.2, -0.15) is 0 Å². The first-order chi connectivity index (χ1) is 15.3. The van der Waals surface area contributed by atoms with Gasteiger partial charge in [-0.3, -0.25) is 60.7 Å². The van der Waals surface area contributed by atoms with Crippen LogP contribution in [0.3, 0.4) is 0 Å². The molecule has 0 fully saturated rings. The molecule has 2 aromatic carbocycles. The molecule has 0 aliphatic heterocycles. The largest absolute Gasteiger partial charge is 0.297 e. The molecule has 0 aliphatic carbocycles. The summed E-state index contributed by atoms with van der Waals surface area (Å²) in [6.45, 7) is 6.00. The molecule has 0 bridgehead atoms. The van der Waals surface area contributed by atoms with E-state index in [9.17, 15) is 60.7 Å². The second-order valence-corrected chi connectivity index (χ2v) is 6.29. The molecular formula is C14H8N6O12S. The van der Waals surface area contributed by atoms with Crippen LogP contribution in [0.5, 0.6) is 0 Å². The second-order valence-electron chi connectivity index (χ2n) is 5.27. The lowest BCUT2D eigenvalue weighted by Gasteiger charge is -2.06. The number of nitro benzene ring substituents is 6. The minimum atomic E-state index is -1.26. The van der Waals surface area contributed by atoms with E-state index in [1.165, 1.54) is 0 Å². The lowest BCUT2D eigenvalue weighted by atomic mass is 10.2. The van der Waals surface area contributed by atoms with Crippen molar-refractivity contribution in [3.63, 3.8) is 0 Å². The lowest BCUT2D eigenvalue weighted by molar-refractivity contribution is -0.407. The van der Waals surface area contributed by atoms with Gasteiger partial charge in [-0.15, -0.1) is 13.2 Å². The number of hydrogen-bond acceptors (Lipinski definition) is 13. The highest BCUT2D eigenvalue weighted by Crippen LogP contribution is 2.50. The van der Waals surface area contributed by atoms with Crippen LogP contribution in [0.15, 0.2) is 47.2 Å². The van der Waals surface area contributed by atoms with Gasteiger partial charge in [0.15, 0.2) is 9.79 Å². The Morgan fingerprint density at radius 1 is 0.485 bits per heavy atom. The molecule has 2 aromatic rings. The average molecular weight is 484 g/mol. The van der Waals surface area contributed by atoms with E-state index in [0.717, 1.165) is 0 Å². The molecule has 2 rings (SSSR count). The van der Waals surface area contributed by atoms with Crippen molar-refractivity contribution in [2.45, 2.75) is 9.79 Å². The molecule has 0 N–H and O–H groups in total. The van der Waals surface area contributed by atoms with Gasteiger partial charge in [0.1, 0.15) is 0 Å². The van der Waals surface area contributed by atoms with Crippen molar-refractivity contribution < 1.29 is 29.5 Å². The molecule has 33 heavy (non-hydrogen) atoms. The number of benzene rings is 2. The van der Waals surface area contributed by atoms with Crippen molar-refractivity contribution in [2.75, 3.05) is 0 Å². The number of non-ortho nitro benzene ring substituents is 2. The Balaban J connectivity index is 0.00000265. The molecule has 172 valence electrons. The molecule has 0 spiro atoms. The Kier molecular flexibility index (Phi) is 8.10. The fourth-order valence-corrected chi connectivity index (χ4v) is 3.39. The van der Waals surface area contributed by atoms with Crippen molar-refractivity contribution in [3.8, 4) is 0 Å².